The molecule has 4 rings (SSSR count). The van der Waals surface area contributed by atoms with Gasteiger partial charge in [0.2, 0.25) is 5.91 Å². The molecule has 1 aliphatic heterocycles. The van der Waals surface area contributed by atoms with Crippen molar-refractivity contribution in [1.29, 1.82) is 0 Å². The quantitative estimate of drug-likeness (QED) is 0.808. The Morgan fingerprint density at radius 2 is 2.32 bits per heavy atom. The molecule has 1 aromatic carbocycles. The van der Waals surface area contributed by atoms with Crippen molar-refractivity contribution in [2.24, 2.45) is 5.92 Å². The van der Waals surface area contributed by atoms with Crippen molar-refractivity contribution in [3.63, 3.8) is 0 Å². The summed E-state index contributed by atoms with van der Waals surface area (Å²) >= 11 is 1.64. The summed E-state index contributed by atoms with van der Waals surface area (Å²) in [5.41, 5.74) is 2.14. The number of imidazole rings is 1. The number of hydrogen-bond acceptors (Lipinski definition) is 4. The molecule has 1 aliphatic rings. The Labute approximate surface area is 132 Å². The third kappa shape index (κ3) is 2.50. The number of hydrogen-bond donors (Lipinski definition) is 1. The molecule has 0 saturated carbocycles. The van der Waals surface area contributed by atoms with Gasteiger partial charge in [0.15, 0.2) is 0 Å². The lowest BCUT2D eigenvalue weighted by Crippen LogP contribution is -2.34. The summed E-state index contributed by atoms with van der Waals surface area (Å²) in [5, 5.41) is 3.99. The van der Waals surface area contributed by atoms with E-state index in [1.807, 2.05) is 30.7 Å². The number of aromatic nitrogens is 3. The number of nitrogens with zero attached hydrogens (tertiary/aromatic N) is 3. The highest BCUT2D eigenvalue weighted by Gasteiger charge is 2.24. The largest absolute Gasteiger partial charge is 0.349 e. The maximum atomic E-state index is 12.4. The molecule has 1 unspecified atom stereocenters. The first kappa shape index (κ1) is 13.5. The molecule has 22 heavy (non-hydrogen) atoms. The van der Waals surface area contributed by atoms with Gasteiger partial charge in [-0.1, -0.05) is 12.1 Å². The van der Waals surface area contributed by atoms with Crippen LogP contribution in [-0.2, 0) is 24.3 Å². The van der Waals surface area contributed by atoms with E-state index in [0.717, 1.165) is 40.3 Å². The maximum absolute atomic E-state index is 12.4. The van der Waals surface area contributed by atoms with Crippen LogP contribution >= 0.6 is 11.3 Å². The first-order valence-electron chi connectivity index (χ1n) is 7.41. The minimum atomic E-state index is 0.0404. The van der Waals surface area contributed by atoms with Gasteiger partial charge in [0.1, 0.15) is 5.01 Å². The molecule has 0 fully saturated rings. The van der Waals surface area contributed by atoms with Crippen molar-refractivity contribution in [1.82, 2.24) is 19.9 Å². The molecule has 5 nitrogen and oxygen atoms in total. The second-order valence-corrected chi connectivity index (χ2v) is 6.68. The smallest absolute Gasteiger partial charge is 0.223 e. The van der Waals surface area contributed by atoms with Crippen LogP contribution in [0.25, 0.3) is 10.2 Å². The molecule has 1 atom stereocenters. The van der Waals surface area contributed by atoms with E-state index in [-0.39, 0.29) is 11.8 Å². The fourth-order valence-corrected chi connectivity index (χ4v) is 3.80. The molecule has 1 N–H and O–H groups in total. The molecule has 0 spiro atoms. The van der Waals surface area contributed by atoms with Gasteiger partial charge >= 0.3 is 0 Å². The normalized spacial score (nSPS) is 17.4. The Morgan fingerprint density at radius 1 is 1.41 bits per heavy atom. The number of fused-ring (bicyclic) bond motifs is 2. The van der Waals surface area contributed by atoms with Crippen molar-refractivity contribution in [3.05, 3.63) is 47.5 Å². The molecule has 0 radical (unpaired) electrons. The minimum Gasteiger partial charge on any atom is -0.349 e. The van der Waals surface area contributed by atoms with E-state index in [2.05, 4.69) is 25.9 Å². The number of carbonyl (C=O) groups excluding carboxylic acids is 1. The number of para-hydroxylation sites is 1. The van der Waals surface area contributed by atoms with Gasteiger partial charge in [-0.3, -0.25) is 4.79 Å². The lowest BCUT2D eigenvalue weighted by atomic mass is 9.95. The topological polar surface area (TPSA) is 59.8 Å². The van der Waals surface area contributed by atoms with Crippen molar-refractivity contribution in [2.45, 2.75) is 25.9 Å². The lowest BCUT2D eigenvalue weighted by Gasteiger charge is -2.22. The highest BCUT2D eigenvalue weighted by Crippen LogP contribution is 2.22. The predicted octanol–water partition coefficient (Wildman–Crippen LogP) is 2.37. The van der Waals surface area contributed by atoms with Gasteiger partial charge in [0, 0.05) is 30.8 Å². The third-order valence-electron chi connectivity index (χ3n) is 4.10. The van der Waals surface area contributed by atoms with Gasteiger partial charge < -0.3 is 9.88 Å². The van der Waals surface area contributed by atoms with Crippen molar-refractivity contribution in [2.75, 3.05) is 0 Å². The van der Waals surface area contributed by atoms with E-state index in [4.69, 9.17) is 0 Å². The van der Waals surface area contributed by atoms with E-state index in [0.29, 0.717) is 6.54 Å². The lowest BCUT2D eigenvalue weighted by molar-refractivity contribution is -0.125. The zero-order valence-electron chi connectivity index (χ0n) is 12.0. The van der Waals surface area contributed by atoms with Crippen molar-refractivity contribution in [3.8, 4) is 0 Å². The Kier molecular flexibility index (Phi) is 3.38. The molecule has 1 amide bonds. The van der Waals surface area contributed by atoms with Crippen LogP contribution in [0.4, 0.5) is 0 Å². The predicted molar refractivity (Wildman–Crippen MR) is 85.5 cm³/mol. The van der Waals surface area contributed by atoms with Gasteiger partial charge in [-0.15, -0.1) is 11.3 Å². The highest BCUT2D eigenvalue weighted by atomic mass is 32.1. The number of thiazole rings is 1. The summed E-state index contributed by atoms with van der Waals surface area (Å²) in [4.78, 5) is 21.0. The fourth-order valence-electron chi connectivity index (χ4n) is 2.90. The molecule has 3 aromatic rings. The number of aryl methyl sites for hydroxylation is 1. The van der Waals surface area contributed by atoms with E-state index >= 15 is 0 Å². The monoisotopic (exact) mass is 312 g/mol. The Morgan fingerprint density at radius 3 is 3.23 bits per heavy atom. The number of carbonyl (C=O) groups is 1. The fraction of sp³-hybridized carbons (Fsp3) is 0.312. The van der Waals surface area contributed by atoms with E-state index in [1.54, 1.807) is 11.3 Å². The van der Waals surface area contributed by atoms with Crippen LogP contribution in [0.5, 0.6) is 0 Å². The second kappa shape index (κ2) is 5.53. The number of benzene rings is 1. The van der Waals surface area contributed by atoms with Crippen LogP contribution in [0.2, 0.25) is 0 Å². The van der Waals surface area contributed by atoms with Crippen molar-refractivity contribution < 1.29 is 4.79 Å². The molecule has 0 bridgehead atoms. The van der Waals surface area contributed by atoms with Crippen LogP contribution in [0.15, 0.2) is 36.8 Å². The summed E-state index contributed by atoms with van der Waals surface area (Å²) in [6.45, 7) is 1.38. The van der Waals surface area contributed by atoms with Gasteiger partial charge in [-0.25, -0.2) is 9.97 Å². The van der Waals surface area contributed by atoms with Gasteiger partial charge in [-0.05, 0) is 18.6 Å². The summed E-state index contributed by atoms with van der Waals surface area (Å²) in [5.74, 6) is 0.158. The molecule has 112 valence electrons. The number of rotatable bonds is 3. The molecular weight excluding hydrogens is 296 g/mol. The van der Waals surface area contributed by atoms with Crippen molar-refractivity contribution >= 4 is 27.5 Å². The number of amides is 1. The summed E-state index contributed by atoms with van der Waals surface area (Å²) in [7, 11) is 0. The van der Waals surface area contributed by atoms with Gasteiger partial charge in [0.05, 0.1) is 23.1 Å². The number of nitrogens with one attached hydrogen (secondary N) is 1. The molecular formula is C16H16N4OS. The zero-order valence-corrected chi connectivity index (χ0v) is 12.8. The summed E-state index contributed by atoms with van der Waals surface area (Å²) < 4.78 is 3.28. The van der Waals surface area contributed by atoms with Crippen LogP contribution in [-0.4, -0.2) is 20.4 Å². The van der Waals surface area contributed by atoms with Gasteiger partial charge in [0.25, 0.3) is 0 Å². The van der Waals surface area contributed by atoms with E-state index in [1.165, 1.54) is 0 Å². The zero-order chi connectivity index (χ0) is 14.9. The standard InChI is InChI=1S/C16H16N4OS/c21-16(11-5-6-20-10-17-8-12(20)7-11)18-9-15-19-13-3-1-2-4-14(13)22-15/h1-4,8,10-11H,5-7,9H2,(H,18,21). The van der Waals surface area contributed by atoms with E-state index < -0.39 is 0 Å². The Balaban J connectivity index is 1.40. The summed E-state index contributed by atoms with van der Waals surface area (Å²) in [6, 6.07) is 8.05. The second-order valence-electron chi connectivity index (χ2n) is 5.56. The molecule has 2 aromatic heterocycles. The minimum absolute atomic E-state index is 0.0404. The van der Waals surface area contributed by atoms with Crippen LogP contribution in [0.3, 0.4) is 0 Å². The molecule has 3 heterocycles. The SMILES string of the molecule is O=C(NCc1nc2ccccc2s1)C1CCn2cncc2C1. The third-order valence-corrected chi connectivity index (χ3v) is 5.13. The Hall–Kier alpha value is -2.21. The molecule has 0 saturated heterocycles. The van der Waals surface area contributed by atoms with Crippen LogP contribution < -0.4 is 5.32 Å². The maximum Gasteiger partial charge on any atom is 0.223 e. The Bertz CT molecular complexity index is 789. The van der Waals surface area contributed by atoms with Gasteiger partial charge in [-0.2, -0.15) is 0 Å². The van der Waals surface area contributed by atoms with E-state index in [9.17, 15) is 4.79 Å². The van der Waals surface area contributed by atoms with Crippen LogP contribution in [0.1, 0.15) is 17.1 Å². The highest BCUT2D eigenvalue weighted by molar-refractivity contribution is 7.18. The molecule has 0 aliphatic carbocycles. The van der Waals surface area contributed by atoms with Crippen LogP contribution in [0, 0.1) is 5.92 Å². The molecule has 6 heteroatoms. The first-order chi connectivity index (χ1) is 10.8. The average molecular weight is 312 g/mol. The first-order valence-corrected chi connectivity index (χ1v) is 8.22. The average Bonchev–Trinajstić information content (AvgIpc) is 3.17. The summed E-state index contributed by atoms with van der Waals surface area (Å²) in [6.07, 6.45) is 5.33.